The zero-order valence-corrected chi connectivity index (χ0v) is 20.5. The fourth-order valence-corrected chi connectivity index (χ4v) is 3.74. The van der Waals surface area contributed by atoms with Gasteiger partial charge in [-0.1, -0.05) is 89.2 Å². The molecule has 0 spiro atoms. The molecule has 0 saturated carbocycles. The van der Waals surface area contributed by atoms with Crippen molar-refractivity contribution in [3.8, 4) is 0 Å². The van der Waals surface area contributed by atoms with Crippen molar-refractivity contribution < 1.29 is 4.79 Å². The molecule has 0 atom stereocenters. The summed E-state index contributed by atoms with van der Waals surface area (Å²) in [5.74, 6) is 0.238. The first-order valence-corrected chi connectivity index (χ1v) is 12.8. The van der Waals surface area contributed by atoms with E-state index in [1.54, 1.807) is 0 Å². The third-order valence-corrected chi connectivity index (χ3v) is 5.84. The van der Waals surface area contributed by atoms with Crippen LogP contribution in [-0.2, 0) is 4.79 Å². The summed E-state index contributed by atoms with van der Waals surface area (Å²) in [6.45, 7) is 10.8. The monoisotopic (exact) mass is 420 g/mol. The smallest absolute Gasteiger partial charge is 0.219 e. The number of allylic oxidation sites excluding steroid dienone is 2. The predicted octanol–water partition coefficient (Wildman–Crippen LogP) is 7.82. The minimum atomic E-state index is 0.238. The van der Waals surface area contributed by atoms with Crippen molar-refractivity contribution in [2.75, 3.05) is 13.6 Å². The van der Waals surface area contributed by atoms with Gasteiger partial charge in [0.1, 0.15) is 0 Å². The Morgan fingerprint density at radius 1 is 0.600 bits per heavy atom. The molecule has 0 aromatic heterocycles. The highest BCUT2D eigenvalue weighted by atomic mass is 16.1. The van der Waals surface area contributed by atoms with Gasteiger partial charge in [-0.05, 0) is 45.4 Å². The van der Waals surface area contributed by atoms with Crippen molar-refractivity contribution in [1.29, 1.82) is 0 Å². The topological polar surface area (TPSA) is 41.1 Å². The van der Waals surface area contributed by atoms with Gasteiger partial charge in [0, 0.05) is 25.7 Å². The minimum absolute atomic E-state index is 0.238. The summed E-state index contributed by atoms with van der Waals surface area (Å²) in [5.41, 5.74) is 2.42. The van der Waals surface area contributed by atoms with Crippen molar-refractivity contribution >= 4 is 5.91 Å². The van der Waals surface area contributed by atoms with Crippen LogP contribution in [0.3, 0.4) is 0 Å². The van der Waals surface area contributed by atoms with Crippen molar-refractivity contribution in [3.05, 3.63) is 24.4 Å². The average molecular weight is 421 g/mol. The highest BCUT2D eigenvalue weighted by Crippen LogP contribution is 2.14. The Hall–Kier alpha value is -1.25. The molecule has 0 bridgehead atoms. The van der Waals surface area contributed by atoms with E-state index in [0.29, 0.717) is 6.42 Å². The normalized spacial score (nSPS) is 10.7. The second kappa shape index (κ2) is 22.4. The lowest BCUT2D eigenvalue weighted by atomic mass is 10.0. The average Bonchev–Trinajstić information content (AvgIpc) is 2.72. The molecule has 0 aliphatic carbocycles. The van der Waals surface area contributed by atoms with E-state index < -0.39 is 0 Å². The fourth-order valence-electron chi connectivity index (χ4n) is 3.74. The van der Waals surface area contributed by atoms with Gasteiger partial charge >= 0.3 is 0 Å². The molecule has 30 heavy (non-hydrogen) atoms. The number of carbonyl (C=O) groups is 1. The Kier molecular flexibility index (Phi) is 21.5. The van der Waals surface area contributed by atoms with E-state index in [9.17, 15) is 4.79 Å². The van der Waals surface area contributed by atoms with Crippen LogP contribution in [0.5, 0.6) is 0 Å². The Bertz CT molecular complexity index is 431. The molecule has 0 aliphatic heterocycles. The number of hydrogen-bond acceptors (Lipinski definition) is 2. The number of nitrogens with one attached hydrogen (secondary N) is 2. The number of carbonyl (C=O) groups excluding carboxylic acids is 1. The minimum Gasteiger partial charge on any atom is -0.392 e. The van der Waals surface area contributed by atoms with Gasteiger partial charge in [0.05, 0.1) is 0 Å². The van der Waals surface area contributed by atoms with Gasteiger partial charge < -0.3 is 10.6 Å². The van der Waals surface area contributed by atoms with Crippen LogP contribution in [0.15, 0.2) is 24.4 Å². The van der Waals surface area contributed by atoms with E-state index in [2.05, 4.69) is 30.7 Å². The molecule has 0 rings (SSSR count). The molecule has 2 N–H and O–H groups in total. The van der Waals surface area contributed by atoms with Gasteiger partial charge in [0.15, 0.2) is 0 Å². The summed E-state index contributed by atoms with van der Waals surface area (Å²) in [6, 6.07) is 0. The maximum atomic E-state index is 11.8. The molecule has 0 heterocycles. The second-order valence-corrected chi connectivity index (χ2v) is 9.07. The Balaban J connectivity index is 3.17. The van der Waals surface area contributed by atoms with Crippen LogP contribution in [-0.4, -0.2) is 19.5 Å². The number of hydrogen-bond donors (Lipinski definition) is 2. The molecular formula is C27H52N2O. The highest BCUT2D eigenvalue weighted by molar-refractivity contribution is 5.75. The van der Waals surface area contributed by atoms with Crippen molar-refractivity contribution in [2.45, 2.75) is 129 Å². The lowest BCUT2D eigenvalue weighted by Crippen LogP contribution is -2.23. The van der Waals surface area contributed by atoms with Gasteiger partial charge in [-0.3, -0.25) is 4.79 Å². The largest absolute Gasteiger partial charge is 0.392 e. The Morgan fingerprint density at radius 2 is 1.00 bits per heavy atom. The van der Waals surface area contributed by atoms with Crippen molar-refractivity contribution in [3.63, 3.8) is 0 Å². The molecule has 176 valence electrons. The first-order valence-electron chi connectivity index (χ1n) is 12.8. The fraction of sp³-hybridized carbons (Fsp3) is 0.815. The van der Waals surface area contributed by atoms with E-state index in [0.717, 1.165) is 32.2 Å². The molecule has 0 unspecified atom stereocenters. The van der Waals surface area contributed by atoms with Crippen molar-refractivity contribution in [2.24, 2.45) is 0 Å². The van der Waals surface area contributed by atoms with Crippen LogP contribution in [0.4, 0.5) is 0 Å². The molecule has 0 aliphatic rings. The second-order valence-electron chi connectivity index (χ2n) is 9.07. The van der Waals surface area contributed by atoms with Crippen LogP contribution >= 0.6 is 0 Å². The third-order valence-electron chi connectivity index (χ3n) is 5.84. The predicted molar refractivity (Wildman–Crippen MR) is 134 cm³/mol. The lowest BCUT2D eigenvalue weighted by molar-refractivity contribution is -0.121. The zero-order valence-electron chi connectivity index (χ0n) is 20.5. The number of rotatable bonds is 23. The number of unbranched alkanes of at least 4 members (excludes halogenated alkanes) is 14. The Morgan fingerprint density at radius 3 is 1.47 bits per heavy atom. The quantitative estimate of drug-likeness (QED) is 0.131. The van der Waals surface area contributed by atoms with Gasteiger partial charge in [-0.15, -0.1) is 6.58 Å². The van der Waals surface area contributed by atoms with Gasteiger partial charge in [-0.25, -0.2) is 0 Å². The van der Waals surface area contributed by atoms with E-state index in [1.165, 1.54) is 101 Å². The van der Waals surface area contributed by atoms with Crippen LogP contribution < -0.4 is 10.6 Å². The summed E-state index contributed by atoms with van der Waals surface area (Å²) in [5, 5.41) is 6.17. The molecule has 0 aromatic rings. The van der Waals surface area contributed by atoms with Gasteiger partial charge in [0.2, 0.25) is 5.91 Å². The van der Waals surface area contributed by atoms with E-state index >= 15 is 0 Å². The molecule has 0 fully saturated rings. The van der Waals surface area contributed by atoms with Crippen LogP contribution in [0.1, 0.15) is 129 Å². The summed E-state index contributed by atoms with van der Waals surface area (Å²) in [4.78, 5) is 11.8. The third kappa shape index (κ3) is 23.0. The molecular weight excluding hydrogens is 368 g/mol. The molecule has 3 nitrogen and oxygen atoms in total. The van der Waals surface area contributed by atoms with Crippen LogP contribution in [0.2, 0.25) is 0 Å². The summed E-state index contributed by atoms with van der Waals surface area (Å²) in [6.07, 6.45) is 23.6. The zero-order chi connectivity index (χ0) is 22.3. The van der Waals surface area contributed by atoms with Crippen molar-refractivity contribution in [1.82, 2.24) is 10.6 Å². The van der Waals surface area contributed by atoms with E-state index in [4.69, 9.17) is 0 Å². The highest BCUT2D eigenvalue weighted by Gasteiger charge is 2.01. The maximum Gasteiger partial charge on any atom is 0.219 e. The van der Waals surface area contributed by atoms with Crippen LogP contribution in [0.25, 0.3) is 0 Å². The molecule has 0 aromatic carbocycles. The van der Waals surface area contributed by atoms with Gasteiger partial charge in [0.25, 0.3) is 0 Å². The molecule has 1 amide bonds. The summed E-state index contributed by atoms with van der Waals surface area (Å²) in [7, 11) is 1.96. The number of amides is 1. The first kappa shape index (κ1) is 28.8. The molecule has 0 radical (unpaired) electrons. The molecule has 3 heteroatoms. The summed E-state index contributed by atoms with van der Waals surface area (Å²) < 4.78 is 0. The van der Waals surface area contributed by atoms with Crippen LogP contribution in [0, 0.1) is 0 Å². The molecule has 0 saturated heterocycles. The van der Waals surface area contributed by atoms with E-state index in [-0.39, 0.29) is 5.91 Å². The summed E-state index contributed by atoms with van der Waals surface area (Å²) >= 11 is 0. The maximum absolute atomic E-state index is 11.8. The van der Waals surface area contributed by atoms with E-state index in [1.807, 2.05) is 7.05 Å². The standard InChI is InChI=1S/C27H52N2O/c1-25(2)21-17-16-20-24-29-27(30)23-19-15-13-11-9-7-5-6-8-10-12-14-18-22-26(3)28-4/h28H,1,3,5-24H2,2,4H3,(H,29,30). The Labute approximate surface area is 188 Å². The van der Waals surface area contributed by atoms with Gasteiger partial charge in [-0.2, -0.15) is 0 Å². The first-order chi connectivity index (χ1) is 14.6. The SMILES string of the molecule is C=C(C)CCCCCNC(=O)CCCCCCCCCCCCCCCC(=C)NC. The lowest BCUT2D eigenvalue weighted by Gasteiger charge is -2.06.